The number of aryl methyl sites for hydroxylation is 1. The van der Waals surface area contributed by atoms with E-state index >= 15 is 0 Å². The Bertz CT molecular complexity index is 680. The lowest BCUT2D eigenvalue weighted by Gasteiger charge is -2.02. The second-order valence-electron chi connectivity index (χ2n) is 4.97. The van der Waals surface area contributed by atoms with Gasteiger partial charge in [-0.2, -0.15) is 0 Å². The van der Waals surface area contributed by atoms with Crippen molar-refractivity contribution in [2.45, 2.75) is 13.3 Å². The number of thiophene rings is 1. The third-order valence-electron chi connectivity index (χ3n) is 3.19. The van der Waals surface area contributed by atoms with Gasteiger partial charge in [0.15, 0.2) is 0 Å². The van der Waals surface area contributed by atoms with Gasteiger partial charge in [0.1, 0.15) is 5.82 Å². The molecule has 0 aliphatic rings. The molecule has 2 rings (SSSR count). The lowest BCUT2D eigenvalue weighted by Crippen LogP contribution is -2.24. The van der Waals surface area contributed by atoms with Crippen molar-refractivity contribution in [1.82, 2.24) is 5.32 Å². The second-order valence-corrected chi connectivity index (χ2v) is 7.79. The Kier molecular flexibility index (Phi) is 5.85. The first-order valence-corrected chi connectivity index (χ1v) is 9.46. The van der Waals surface area contributed by atoms with Crippen molar-refractivity contribution in [3.05, 3.63) is 45.9 Å². The van der Waals surface area contributed by atoms with Crippen molar-refractivity contribution in [2.75, 3.05) is 18.6 Å². The quantitative estimate of drug-likeness (QED) is 0.820. The van der Waals surface area contributed by atoms with Crippen molar-refractivity contribution in [3.8, 4) is 11.1 Å². The Labute approximate surface area is 136 Å². The predicted molar refractivity (Wildman–Crippen MR) is 90.3 cm³/mol. The van der Waals surface area contributed by atoms with Crippen molar-refractivity contribution in [1.29, 1.82) is 0 Å². The number of amides is 1. The summed E-state index contributed by atoms with van der Waals surface area (Å²) in [5.74, 6) is 0.191. The van der Waals surface area contributed by atoms with E-state index in [9.17, 15) is 13.4 Å². The molecule has 0 radical (unpaired) electrons. The summed E-state index contributed by atoms with van der Waals surface area (Å²) in [6.45, 7) is 2.46. The molecule has 0 saturated heterocycles. The summed E-state index contributed by atoms with van der Waals surface area (Å²) in [7, 11) is -0.831. The number of hydrogen-bond acceptors (Lipinski definition) is 3. The lowest BCUT2D eigenvalue weighted by atomic mass is 10.1. The van der Waals surface area contributed by atoms with Gasteiger partial charge in [0.05, 0.1) is 4.88 Å². The number of rotatable bonds is 6. The Morgan fingerprint density at radius 3 is 2.64 bits per heavy atom. The topological polar surface area (TPSA) is 46.2 Å². The van der Waals surface area contributed by atoms with Crippen LogP contribution >= 0.6 is 11.3 Å². The SMILES string of the molecule is Cc1sc(C(=O)NCCCS(C)=O)cc1-c1ccc(F)cc1. The van der Waals surface area contributed by atoms with Crippen molar-refractivity contribution in [2.24, 2.45) is 0 Å². The van der Waals surface area contributed by atoms with Crippen molar-refractivity contribution >= 4 is 28.0 Å². The van der Waals surface area contributed by atoms with E-state index in [1.54, 1.807) is 18.4 Å². The van der Waals surface area contributed by atoms with Crippen LogP contribution in [0.2, 0.25) is 0 Å². The molecule has 1 amide bonds. The maximum absolute atomic E-state index is 13.0. The van der Waals surface area contributed by atoms with E-state index in [1.807, 2.05) is 13.0 Å². The van der Waals surface area contributed by atoms with E-state index in [2.05, 4.69) is 5.32 Å². The van der Waals surface area contributed by atoms with Gasteiger partial charge in [-0.25, -0.2) is 4.39 Å². The molecule has 0 spiro atoms. The zero-order chi connectivity index (χ0) is 16.1. The smallest absolute Gasteiger partial charge is 0.261 e. The minimum absolute atomic E-state index is 0.122. The van der Waals surface area contributed by atoms with Crippen LogP contribution in [-0.2, 0) is 10.8 Å². The minimum atomic E-state index is -0.831. The predicted octanol–water partition coefficient (Wildman–Crippen LogP) is 3.36. The van der Waals surface area contributed by atoms with Crippen LogP contribution < -0.4 is 5.32 Å². The molecule has 0 fully saturated rings. The molecule has 2 aromatic rings. The van der Waals surface area contributed by atoms with Crippen LogP contribution in [0.5, 0.6) is 0 Å². The molecule has 1 aromatic carbocycles. The molecular formula is C16H18FNO2S2. The molecule has 1 unspecified atom stereocenters. The fourth-order valence-corrected chi connectivity index (χ4v) is 3.58. The normalized spacial score (nSPS) is 12.1. The fourth-order valence-electron chi connectivity index (χ4n) is 2.07. The summed E-state index contributed by atoms with van der Waals surface area (Å²) in [4.78, 5) is 13.8. The average molecular weight is 339 g/mol. The molecule has 0 aliphatic heterocycles. The third kappa shape index (κ3) is 4.48. The highest BCUT2D eigenvalue weighted by Gasteiger charge is 2.13. The average Bonchev–Trinajstić information content (AvgIpc) is 2.86. The summed E-state index contributed by atoms with van der Waals surface area (Å²) in [6, 6.07) is 8.08. The number of carbonyl (C=O) groups excluding carboxylic acids is 1. The Hall–Kier alpha value is -1.53. The van der Waals surface area contributed by atoms with Crippen LogP contribution in [-0.4, -0.2) is 28.7 Å². The Morgan fingerprint density at radius 1 is 1.32 bits per heavy atom. The molecule has 0 bridgehead atoms. The van der Waals surface area contributed by atoms with Crippen LogP contribution in [0.25, 0.3) is 11.1 Å². The molecule has 3 nitrogen and oxygen atoms in total. The molecule has 22 heavy (non-hydrogen) atoms. The summed E-state index contributed by atoms with van der Waals surface area (Å²) in [5, 5.41) is 2.83. The molecule has 1 heterocycles. The van der Waals surface area contributed by atoms with Crippen LogP contribution in [0, 0.1) is 12.7 Å². The minimum Gasteiger partial charge on any atom is -0.351 e. The van der Waals surface area contributed by atoms with Gasteiger partial charge in [-0.15, -0.1) is 11.3 Å². The highest BCUT2D eigenvalue weighted by molar-refractivity contribution is 7.84. The standard InChI is InChI=1S/C16H18FNO2S2/c1-11-14(12-4-6-13(17)7-5-12)10-15(21-11)16(19)18-8-3-9-22(2)20/h4-7,10H,3,8-9H2,1-2H3,(H,18,19). The number of nitrogens with one attached hydrogen (secondary N) is 1. The maximum atomic E-state index is 13.0. The van der Waals surface area contributed by atoms with E-state index in [-0.39, 0.29) is 11.7 Å². The lowest BCUT2D eigenvalue weighted by molar-refractivity contribution is 0.0958. The second kappa shape index (κ2) is 7.65. The number of carbonyl (C=O) groups is 1. The van der Waals surface area contributed by atoms with Crippen LogP contribution in [0.1, 0.15) is 21.0 Å². The van der Waals surface area contributed by atoms with Crippen LogP contribution in [0.3, 0.4) is 0 Å². The van der Waals surface area contributed by atoms with E-state index in [4.69, 9.17) is 0 Å². The Balaban J connectivity index is 2.04. The van der Waals surface area contributed by atoms with E-state index in [0.29, 0.717) is 23.6 Å². The first-order chi connectivity index (χ1) is 10.5. The van der Waals surface area contributed by atoms with Gasteiger partial charge < -0.3 is 5.32 Å². The molecule has 118 valence electrons. The number of benzene rings is 1. The van der Waals surface area contributed by atoms with Gasteiger partial charge >= 0.3 is 0 Å². The molecule has 6 heteroatoms. The largest absolute Gasteiger partial charge is 0.351 e. The molecule has 0 aliphatic carbocycles. The first-order valence-electron chi connectivity index (χ1n) is 6.92. The molecule has 0 saturated carbocycles. The number of halogens is 1. The zero-order valence-corrected chi connectivity index (χ0v) is 14.2. The summed E-state index contributed by atoms with van der Waals surface area (Å²) >= 11 is 1.42. The van der Waals surface area contributed by atoms with Crippen molar-refractivity contribution in [3.63, 3.8) is 0 Å². The van der Waals surface area contributed by atoms with Gasteiger partial charge in [0.2, 0.25) is 0 Å². The number of hydrogen-bond donors (Lipinski definition) is 1. The van der Waals surface area contributed by atoms with Crippen LogP contribution in [0.4, 0.5) is 4.39 Å². The highest BCUT2D eigenvalue weighted by Crippen LogP contribution is 2.31. The summed E-state index contributed by atoms with van der Waals surface area (Å²) in [6.07, 6.45) is 2.35. The molecule has 1 atom stereocenters. The maximum Gasteiger partial charge on any atom is 0.261 e. The van der Waals surface area contributed by atoms with E-state index in [0.717, 1.165) is 16.0 Å². The summed E-state index contributed by atoms with van der Waals surface area (Å²) in [5.41, 5.74) is 1.85. The molecule has 1 aromatic heterocycles. The Morgan fingerprint density at radius 2 is 2.00 bits per heavy atom. The van der Waals surface area contributed by atoms with E-state index < -0.39 is 10.8 Å². The van der Waals surface area contributed by atoms with Gasteiger partial charge in [0.25, 0.3) is 5.91 Å². The molecular weight excluding hydrogens is 321 g/mol. The van der Waals surface area contributed by atoms with Gasteiger partial charge in [-0.1, -0.05) is 12.1 Å². The fraction of sp³-hybridized carbons (Fsp3) is 0.312. The monoisotopic (exact) mass is 339 g/mol. The summed E-state index contributed by atoms with van der Waals surface area (Å²) < 4.78 is 23.9. The van der Waals surface area contributed by atoms with Crippen molar-refractivity contribution < 1.29 is 13.4 Å². The van der Waals surface area contributed by atoms with Crippen LogP contribution in [0.15, 0.2) is 30.3 Å². The van der Waals surface area contributed by atoms with E-state index in [1.165, 1.54) is 23.5 Å². The van der Waals surface area contributed by atoms with Gasteiger partial charge in [0, 0.05) is 34.2 Å². The molecule has 1 N–H and O–H groups in total. The highest BCUT2D eigenvalue weighted by atomic mass is 32.2. The van der Waals surface area contributed by atoms with Gasteiger partial charge in [-0.3, -0.25) is 9.00 Å². The first kappa shape index (κ1) is 16.8. The zero-order valence-electron chi connectivity index (χ0n) is 12.5. The third-order valence-corrected chi connectivity index (χ3v) is 5.10. The van der Waals surface area contributed by atoms with Gasteiger partial charge in [-0.05, 0) is 42.7 Å².